The smallest absolute Gasteiger partial charge is 0.409 e. The lowest BCUT2D eigenvalue weighted by Crippen LogP contribution is -2.75. The Labute approximate surface area is 269 Å². The Morgan fingerprint density at radius 1 is 0.622 bits per heavy atom. The maximum atomic E-state index is 7.82. The van der Waals surface area contributed by atoms with Crippen molar-refractivity contribution in [2.75, 3.05) is 0 Å². The molecular weight excluding hydrogens is 591 g/mol. The summed E-state index contributed by atoms with van der Waals surface area (Å²) in [4.78, 5) is 21.8. The third-order valence-electron chi connectivity index (χ3n) is 9.09. The van der Waals surface area contributed by atoms with Crippen molar-refractivity contribution in [1.82, 2.24) is 12.7 Å². The van der Waals surface area contributed by atoms with Crippen LogP contribution in [0.1, 0.15) is 99.8 Å². The van der Waals surface area contributed by atoms with Crippen LogP contribution in [0.4, 0.5) is 11.6 Å². The summed E-state index contributed by atoms with van der Waals surface area (Å²) >= 11 is 0. The molecule has 0 fully saturated rings. The van der Waals surface area contributed by atoms with Crippen molar-refractivity contribution in [2.45, 2.75) is 119 Å². The summed E-state index contributed by atoms with van der Waals surface area (Å²) in [6.45, 7) is 34.1. The fourth-order valence-corrected chi connectivity index (χ4v) is 14.7. The first-order valence-corrected chi connectivity index (χ1v) is 21.4. The van der Waals surface area contributed by atoms with Gasteiger partial charge in [-0.05, 0) is 71.1 Å². The van der Waals surface area contributed by atoms with Gasteiger partial charge in [-0.1, -0.05) is 83.1 Å². The molecule has 1 atom stereocenters. The Balaban J connectivity index is 1.85. The Morgan fingerprint density at radius 2 is 1.20 bits per heavy atom. The molecule has 0 aromatic carbocycles. The van der Waals surface area contributed by atoms with Crippen LogP contribution in [0.5, 0.6) is 0 Å². The second-order valence-electron chi connectivity index (χ2n) is 18.3. The minimum atomic E-state index is -3.48. The number of hydrogen-bond donors (Lipinski definition) is 0. The van der Waals surface area contributed by atoms with Gasteiger partial charge < -0.3 is 4.12 Å². The molecule has 4 aliphatic rings. The molecule has 0 radical (unpaired) electrons. The third kappa shape index (κ3) is 4.24. The largest absolute Gasteiger partial charge is 0.555 e. The molecule has 3 aromatic heterocycles. The van der Waals surface area contributed by atoms with Crippen LogP contribution in [0.25, 0.3) is 5.70 Å². The molecule has 0 spiro atoms. The molecule has 1 unspecified atom stereocenters. The number of hydrogen-bond acceptors (Lipinski definition) is 5. The van der Waals surface area contributed by atoms with Crippen LogP contribution in [0.3, 0.4) is 0 Å². The van der Waals surface area contributed by atoms with Crippen molar-refractivity contribution in [3.63, 3.8) is 0 Å². The van der Waals surface area contributed by atoms with Crippen molar-refractivity contribution >= 4 is 40.3 Å². The van der Waals surface area contributed by atoms with E-state index in [-0.39, 0.29) is 21.7 Å². The fraction of sp³-hybridized carbons (Fsp3) is 0.543. The van der Waals surface area contributed by atoms with Crippen molar-refractivity contribution in [1.29, 1.82) is 0 Å². The highest BCUT2D eigenvalue weighted by Gasteiger charge is 2.58. The molecule has 45 heavy (non-hydrogen) atoms. The third-order valence-corrected chi connectivity index (χ3v) is 15.7. The van der Waals surface area contributed by atoms with Gasteiger partial charge in [-0.15, -0.1) is 0 Å². The topological polar surface area (TPSA) is 73.5 Å². The second kappa shape index (κ2) is 8.63. The highest BCUT2D eigenvalue weighted by molar-refractivity contribution is 6.83. The van der Waals surface area contributed by atoms with Crippen molar-refractivity contribution in [2.24, 2.45) is 25.4 Å². The molecule has 7 heterocycles. The molecule has 0 saturated carbocycles. The predicted octanol–water partition coefficient (Wildman–Crippen LogP) is 5.87. The summed E-state index contributed by atoms with van der Waals surface area (Å²) in [5.41, 5.74) is 7.74. The first-order chi connectivity index (χ1) is 20.4. The molecule has 0 N–H and O–H groups in total. The van der Waals surface area contributed by atoms with Gasteiger partial charge in [0.2, 0.25) is 0 Å². The Hall–Kier alpha value is -3.09. The first kappa shape index (κ1) is 30.6. The monoisotopic (exact) mass is 639 g/mol. The van der Waals surface area contributed by atoms with Gasteiger partial charge in [-0.25, -0.2) is 20.0 Å². The quantitative estimate of drug-likeness (QED) is 0.323. The molecule has 2 bridgehead atoms. The Bertz CT molecular complexity index is 2150. The molecule has 0 saturated heterocycles. The van der Waals surface area contributed by atoms with E-state index < -0.39 is 17.1 Å². The van der Waals surface area contributed by atoms with Gasteiger partial charge in [-0.2, -0.15) is 0 Å². The summed E-state index contributed by atoms with van der Waals surface area (Å²) in [7, 11) is -5.72. The van der Waals surface area contributed by atoms with Gasteiger partial charge in [0.1, 0.15) is 28.1 Å². The van der Waals surface area contributed by atoms with E-state index in [1.807, 2.05) is 0 Å². The number of nitrogens with zero attached hydrogens (tertiary/aromatic N) is 7. The fourth-order valence-electron chi connectivity index (χ4n) is 7.08. The van der Waals surface area contributed by atoms with Crippen LogP contribution in [-0.2, 0) is 20.4 Å². The van der Waals surface area contributed by atoms with E-state index >= 15 is 0 Å². The lowest BCUT2D eigenvalue weighted by molar-refractivity contribution is 0.455. The van der Waals surface area contributed by atoms with Crippen molar-refractivity contribution < 1.29 is 4.12 Å². The predicted molar refractivity (Wildman–Crippen MR) is 187 cm³/mol. The zero-order valence-corrected chi connectivity index (χ0v) is 31.8. The second-order valence-corrected chi connectivity index (χ2v) is 25.8. The van der Waals surface area contributed by atoms with E-state index in [1.165, 1.54) is 11.1 Å². The number of aliphatic imine (C=N–C) groups is 1. The van der Waals surface area contributed by atoms with Crippen LogP contribution < -0.4 is 21.8 Å². The highest BCUT2D eigenvalue weighted by Crippen LogP contribution is 2.44. The van der Waals surface area contributed by atoms with Gasteiger partial charge in [0.05, 0.1) is 11.0 Å². The molecule has 3 aromatic rings. The molecule has 4 aliphatic heterocycles. The van der Waals surface area contributed by atoms with Crippen LogP contribution >= 0.6 is 0 Å². The van der Waals surface area contributed by atoms with Gasteiger partial charge in [0.25, 0.3) is 0 Å². The van der Waals surface area contributed by atoms with Crippen molar-refractivity contribution in [3.8, 4) is 0 Å². The number of amidine groups is 1. The zero-order chi connectivity index (χ0) is 33.0. The van der Waals surface area contributed by atoms with E-state index in [9.17, 15) is 0 Å². The minimum absolute atomic E-state index is 0.144. The molecule has 238 valence electrons. The molecule has 10 heteroatoms. The number of aromatic nitrogens is 3. The Morgan fingerprint density at radius 3 is 1.76 bits per heavy atom. The summed E-state index contributed by atoms with van der Waals surface area (Å²) in [5.74, 6) is 2.64. The molecule has 0 amide bonds. The normalized spacial score (nSPS) is 20.4. The highest BCUT2D eigenvalue weighted by atomic mass is 28.4. The summed E-state index contributed by atoms with van der Waals surface area (Å²) in [5, 5.41) is 1.09. The standard InChI is InChI=1S/C35H49N7OSi2/c1-32(2,3)20-17-26-38-30-23(35(10,11)12)19-27-39-31-22(34(7,8)9)18-25-37-29-21(33(4,5)6)16-24(36-29)28(20)40(26)45(41(25)31,42(27)30)43-44(13,14)15/h16-19H,1-15H3. The van der Waals surface area contributed by atoms with Crippen LogP contribution in [0.15, 0.2) is 49.8 Å². The van der Waals surface area contributed by atoms with E-state index in [2.05, 4.69) is 140 Å². The average Bonchev–Trinajstić information content (AvgIpc) is 3.59. The van der Waals surface area contributed by atoms with Gasteiger partial charge in [0, 0.05) is 16.7 Å². The summed E-state index contributed by atoms with van der Waals surface area (Å²) in [6.07, 6.45) is 2.28. The average molecular weight is 640 g/mol. The zero-order valence-electron chi connectivity index (χ0n) is 29.8. The summed E-state index contributed by atoms with van der Waals surface area (Å²) in [6, 6.07) is 6.83. The van der Waals surface area contributed by atoms with Crippen LogP contribution in [0.2, 0.25) is 19.6 Å². The maximum Gasteiger partial charge on any atom is 0.555 e. The molecule has 7 rings (SSSR count). The lowest BCUT2D eigenvalue weighted by atomic mass is 9.85. The minimum Gasteiger partial charge on any atom is -0.409 e. The SMILES string of the molecule is CC(C)(C)C1=CC2=c3c(C(C)(C)C)cc4n3[Si]3(O[Si](C)(C)C)n5c(cc(C(C)(C)C)c5N=4)N=c4c(C(C)(C)C)cc(n43)=NC1=N2. The van der Waals surface area contributed by atoms with E-state index in [4.69, 9.17) is 24.1 Å². The van der Waals surface area contributed by atoms with Crippen molar-refractivity contribution in [3.05, 3.63) is 68.4 Å². The molecular formula is C35H49N7OSi2. The molecule has 8 nitrogen and oxygen atoms in total. The Kier molecular flexibility index (Phi) is 5.86. The van der Waals surface area contributed by atoms with Crippen LogP contribution in [0, 0.1) is 5.41 Å². The van der Waals surface area contributed by atoms with Gasteiger partial charge >= 0.3 is 8.80 Å². The van der Waals surface area contributed by atoms with Gasteiger partial charge in [0.15, 0.2) is 14.2 Å². The maximum absolute atomic E-state index is 7.82. The van der Waals surface area contributed by atoms with E-state index in [1.54, 1.807) is 0 Å². The van der Waals surface area contributed by atoms with Crippen LogP contribution in [-0.4, -0.2) is 35.7 Å². The van der Waals surface area contributed by atoms with E-state index in [0.717, 1.165) is 56.1 Å². The van der Waals surface area contributed by atoms with Gasteiger partial charge in [-0.3, -0.25) is 12.7 Å². The first-order valence-electron chi connectivity index (χ1n) is 16.3. The van der Waals surface area contributed by atoms with E-state index in [0.29, 0.717) is 0 Å². The number of rotatable bonds is 2. The molecule has 0 aliphatic carbocycles. The number of fused-ring (bicyclic) bond motifs is 1. The lowest BCUT2D eigenvalue weighted by Gasteiger charge is -2.42. The summed E-state index contributed by atoms with van der Waals surface area (Å²) < 4.78 is 15.1.